The molecule has 1 aromatic rings. The van der Waals surface area contributed by atoms with Crippen molar-refractivity contribution < 1.29 is 0 Å². The predicted molar refractivity (Wildman–Crippen MR) is 82.9 cm³/mol. The molecule has 1 aliphatic rings. The van der Waals surface area contributed by atoms with Crippen molar-refractivity contribution in [2.45, 2.75) is 25.4 Å². The summed E-state index contributed by atoms with van der Waals surface area (Å²) in [5.74, 6) is 0. The number of anilines is 1. The average Bonchev–Trinajstić information content (AvgIpc) is 2.49. The lowest BCUT2D eigenvalue weighted by atomic mass is 9.82. The Morgan fingerprint density at radius 2 is 1.68 bits per heavy atom. The molecule has 0 saturated heterocycles. The first-order valence-electron chi connectivity index (χ1n) is 6.93. The summed E-state index contributed by atoms with van der Waals surface area (Å²) in [6.07, 6.45) is 0.320. The number of hydrogen-bond donors (Lipinski definition) is 0. The van der Waals surface area contributed by atoms with E-state index in [2.05, 4.69) is 82.0 Å². The average molecular weight is 261 g/mol. The zero-order chi connectivity index (χ0) is 14.4. The molecule has 1 aliphatic heterocycles. The van der Waals surface area contributed by atoms with Crippen LogP contribution in [0, 0.1) is 0 Å². The second-order valence-electron chi connectivity index (χ2n) is 6.78. The number of likely N-dealkylation sites (N-methyl/N-ethyl adjacent to an activating group) is 1. The van der Waals surface area contributed by atoms with Gasteiger partial charge in [-0.05, 0) is 45.4 Å². The second-order valence-corrected chi connectivity index (χ2v) is 6.78. The summed E-state index contributed by atoms with van der Waals surface area (Å²) < 4.78 is 0. The minimum absolute atomic E-state index is 0.213. The topological polar surface area (TPSA) is 9.72 Å². The van der Waals surface area contributed by atoms with Gasteiger partial charge in [-0.3, -0.25) is 9.80 Å². The molecule has 0 aliphatic carbocycles. The Hall–Kier alpha value is -1.06. The van der Waals surface area contributed by atoms with Crippen LogP contribution in [0.3, 0.4) is 0 Å². The molecule has 0 atom stereocenters. The standard InChI is InChI=1S/C16H27N3/c1-16(2)11-19(7)13-10-8-9-12(14(13)16)15(17(3)4)18(5)6/h8-10,15H,11H2,1-7H3. The molecule has 106 valence electrons. The van der Waals surface area contributed by atoms with Crippen molar-refractivity contribution in [1.29, 1.82) is 0 Å². The number of hydrogen-bond acceptors (Lipinski definition) is 3. The molecule has 0 unspecified atom stereocenters. The molecule has 0 spiro atoms. The van der Waals surface area contributed by atoms with E-state index in [0.717, 1.165) is 6.54 Å². The van der Waals surface area contributed by atoms with Crippen molar-refractivity contribution in [1.82, 2.24) is 9.80 Å². The van der Waals surface area contributed by atoms with Gasteiger partial charge in [0.05, 0.1) is 6.17 Å². The van der Waals surface area contributed by atoms with Crippen LogP contribution in [0.1, 0.15) is 31.1 Å². The first-order chi connectivity index (χ1) is 8.75. The van der Waals surface area contributed by atoms with E-state index in [1.807, 2.05) is 0 Å². The lowest BCUT2D eigenvalue weighted by Crippen LogP contribution is -2.34. The van der Waals surface area contributed by atoms with Gasteiger partial charge in [0, 0.05) is 24.7 Å². The molecular weight excluding hydrogens is 234 g/mol. The van der Waals surface area contributed by atoms with Gasteiger partial charge in [0.2, 0.25) is 0 Å². The normalized spacial score (nSPS) is 17.7. The van der Waals surface area contributed by atoms with E-state index in [-0.39, 0.29) is 5.41 Å². The van der Waals surface area contributed by atoms with Crippen LogP contribution in [0.5, 0.6) is 0 Å². The molecule has 3 nitrogen and oxygen atoms in total. The molecule has 1 aromatic carbocycles. The third-order valence-electron chi connectivity index (χ3n) is 4.05. The number of nitrogens with zero attached hydrogens (tertiary/aromatic N) is 3. The molecule has 0 N–H and O–H groups in total. The van der Waals surface area contributed by atoms with Crippen LogP contribution < -0.4 is 4.90 Å². The molecule has 19 heavy (non-hydrogen) atoms. The number of rotatable bonds is 3. The van der Waals surface area contributed by atoms with E-state index in [4.69, 9.17) is 0 Å². The summed E-state index contributed by atoms with van der Waals surface area (Å²) in [7, 11) is 10.8. The maximum Gasteiger partial charge on any atom is 0.0879 e. The summed E-state index contributed by atoms with van der Waals surface area (Å²) in [5.41, 5.74) is 4.54. The maximum atomic E-state index is 2.38. The summed E-state index contributed by atoms with van der Waals surface area (Å²) in [4.78, 5) is 6.94. The van der Waals surface area contributed by atoms with Gasteiger partial charge in [0.1, 0.15) is 0 Å². The Morgan fingerprint density at radius 1 is 1.11 bits per heavy atom. The highest BCUT2D eigenvalue weighted by Crippen LogP contribution is 2.44. The Balaban J connectivity index is 2.61. The Labute approximate surface area is 117 Å². The molecule has 3 heteroatoms. The van der Waals surface area contributed by atoms with Gasteiger partial charge in [0.15, 0.2) is 0 Å². The predicted octanol–water partition coefficient (Wildman–Crippen LogP) is 2.54. The Bertz CT molecular complexity index is 455. The summed E-state index contributed by atoms with van der Waals surface area (Å²) in [5, 5.41) is 0. The highest BCUT2D eigenvalue weighted by molar-refractivity contribution is 5.65. The highest BCUT2D eigenvalue weighted by atomic mass is 15.3. The van der Waals surface area contributed by atoms with E-state index in [9.17, 15) is 0 Å². The van der Waals surface area contributed by atoms with Crippen LogP contribution in [0.4, 0.5) is 5.69 Å². The molecule has 0 aromatic heterocycles. The fraction of sp³-hybridized carbons (Fsp3) is 0.625. The monoisotopic (exact) mass is 261 g/mol. The van der Waals surface area contributed by atoms with Crippen LogP contribution >= 0.6 is 0 Å². The molecule has 0 saturated carbocycles. The minimum Gasteiger partial charge on any atom is -0.373 e. The molecular formula is C16H27N3. The van der Waals surface area contributed by atoms with Gasteiger partial charge in [-0.2, -0.15) is 0 Å². The van der Waals surface area contributed by atoms with E-state index >= 15 is 0 Å². The van der Waals surface area contributed by atoms with Crippen molar-refractivity contribution in [3.63, 3.8) is 0 Å². The Morgan fingerprint density at radius 3 is 2.21 bits per heavy atom. The van der Waals surface area contributed by atoms with Gasteiger partial charge < -0.3 is 4.90 Å². The zero-order valence-electron chi connectivity index (χ0n) is 13.4. The molecule has 0 bridgehead atoms. The summed E-state index contributed by atoms with van der Waals surface area (Å²) in [6, 6.07) is 6.71. The third-order valence-corrected chi connectivity index (χ3v) is 4.05. The third kappa shape index (κ3) is 2.37. The molecule has 0 amide bonds. The smallest absolute Gasteiger partial charge is 0.0879 e. The van der Waals surface area contributed by atoms with Crippen LogP contribution in [-0.4, -0.2) is 51.6 Å². The largest absolute Gasteiger partial charge is 0.373 e. The zero-order valence-corrected chi connectivity index (χ0v) is 13.4. The number of fused-ring (bicyclic) bond motifs is 1. The minimum atomic E-state index is 0.213. The van der Waals surface area contributed by atoms with Crippen molar-refractivity contribution in [2.75, 3.05) is 46.7 Å². The molecule has 2 rings (SSSR count). The van der Waals surface area contributed by atoms with Crippen LogP contribution in [-0.2, 0) is 5.41 Å². The summed E-state index contributed by atoms with van der Waals surface area (Å²) >= 11 is 0. The van der Waals surface area contributed by atoms with E-state index < -0.39 is 0 Å². The fourth-order valence-electron chi connectivity index (χ4n) is 3.60. The van der Waals surface area contributed by atoms with Gasteiger partial charge in [-0.15, -0.1) is 0 Å². The highest BCUT2D eigenvalue weighted by Gasteiger charge is 2.37. The van der Waals surface area contributed by atoms with Crippen molar-refractivity contribution >= 4 is 5.69 Å². The summed E-state index contributed by atoms with van der Waals surface area (Å²) in [6.45, 7) is 5.79. The van der Waals surface area contributed by atoms with Crippen LogP contribution in [0.2, 0.25) is 0 Å². The number of benzene rings is 1. The van der Waals surface area contributed by atoms with E-state index in [1.165, 1.54) is 16.8 Å². The Kier molecular flexibility index (Phi) is 3.63. The van der Waals surface area contributed by atoms with Gasteiger partial charge in [-0.25, -0.2) is 0 Å². The van der Waals surface area contributed by atoms with E-state index in [0.29, 0.717) is 6.17 Å². The van der Waals surface area contributed by atoms with Gasteiger partial charge in [-0.1, -0.05) is 26.0 Å². The quantitative estimate of drug-likeness (QED) is 0.774. The van der Waals surface area contributed by atoms with Gasteiger partial charge in [0.25, 0.3) is 0 Å². The first kappa shape index (κ1) is 14.4. The van der Waals surface area contributed by atoms with Crippen molar-refractivity contribution in [3.05, 3.63) is 29.3 Å². The fourth-order valence-corrected chi connectivity index (χ4v) is 3.60. The van der Waals surface area contributed by atoms with Crippen LogP contribution in [0.15, 0.2) is 18.2 Å². The lowest BCUT2D eigenvalue weighted by Gasteiger charge is -2.34. The second kappa shape index (κ2) is 4.80. The van der Waals surface area contributed by atoms with E-state index in [1.54, 1.807) is 0 Å². The van der Waals surface area contributed by atoms with Crippen molar-refractivity contribution in [2.24, 2.45) is 0 Å². The molecule has 0 radical (unpaired) electrons. The first-order valence-corrected chi connectivity index (χ1v) is 6.93. The SMILES string of the molecule is CN1CC(C)(C)c2c(C(N(C)C)N(C)C)cccc21. The molecule has 0 fully saturated rings. The maximum absolute atomic E-state index is 2.38. The lowest BCUT2D eigenvalue weighted by molar-refractivity contribution is 0.129. The van der Waals surface area contributed by atoms with Crippen LogP contribution in [0.25, 0.3) is 0 Å². The van der Waals surface area contributed by atoms with Gasteiger partial charge >= 0.3 is 0 Å². The van der Waals surface area contributed by atoms with Crippen molar-refractivity contribution in [3.8, 4) is 0 Å². The molecule has 1 heterocycles.